The van der Waals surface area contributed by atoms with E-state index in [1.165, 1.54) is 43.7 Å². The van der Waals surface area contributed by atoms with Crippen molar-refractivity contribution in [1.82, 2.24) is 10.1 Å². The topological polar surface area (TPSA) is 129 Å². The summed E-state index contributed by atoms with van der Waals surface area (Å²) in [6.45, 7) is 0. The van der Waals surface area contributed by atoms with Gasteiger partial charge in [-0.15, -0.1) is 0 Å². The van der Waals surface area contributed by atoms with Crippen LogP contribution in [0.3, 0.4) is 0 Å². The molecule has 0 aliphatic carbocycles. The Labute approximate surface area is 177 Å². The molecule has 1 N–H and O–H groups in total. The molecule has 0 amide bonds. The van der Waals surface area contributed by atoms with Gasteiger partial charge in [0.1, 0.15) is 17.7 Å². The summed E-state index contributed by atoms with van der Waals surface area (Å²) in [4.78, 5) is 14.2. The lowest BCUT2D eigenvalue weighted by Crippen LogP contribution is -2.27. The number of anilines is 2. The Kier molecular flexibility index (Phi) is 5.19. The van der Waals surface area contributed by atoms with E-state index >= 15 is 0 Å². The number of rotatable bonds is 6. The van der Waals surface area contributed by atoms with Crippen LogP contribution in [0.4, 0.5) is 11.5 Å². The quantitative estimate of drug-likeness (QED) is 0.491. The second-order valence-corrected chi connectivity index (χ2v) is 8.33. The number of aromatic nitrogens is 2. The second-order valence-electron chi connectivity index (χ2n) is 6.54. The SMILES string of the molecule is COc1ccc(CC#N)cc1N(c1ccon1)S(=O)(=O)c1ccc2[nH]c(=O)ccc2c1. The lowest BCUT2D eigenvalue weighted by Gasteiger charge is -2.24. The Morgan fingerprint density at radius 2 is 2.00 bits per heavy atom. The molecule has 0 saturated carbocycles. The zero-order chi connectivity index (χ0) is 22.0. The van der Waals surface area contributed by atoms with Crippen LogP contribution in [0.2, 0.25) is 0 Å². The Balaban J connectivity index is 1.94. The molecule has 156 valence electrons. The molecule has 0 spiro atoms. The molecule has 0 atom stereocenters. The number of fused-ring (bicyclic) bond motifs is 1. The van der Waals surface area contributed by atoms with E-state index in [-0.39, 0.29) is 34.1 Å². The van der Waals surface area contributed by atoms with Gasteiger partial charge in [-0.3, -0.25) is 4.79 Å². The summed E-state index contributed by atoms with van der Waals surface area (Å²) in [5.41, 5.74) is 1.02. The summed E-state index contributed by atoms with van der Waals surface area (Å²) >= 11 is 0. The number of nitrogens with zero attached hydrogens (tertiary/aromatic N) is 3. The molecule has 0 bridgehead atoms. The van der Waals surface area contributed by atoms with E-state index in [0.717, 1.165) is 4.31 Å². The Bertz CT molecular complexity index is 1450. The molecule has 0 saturated heterocycles. The average molecular weight is 436 g/mol. The van der Waals surface area contributed by atoms with Crippen LogP contribution in [0.1, 0.15) is 5.56 Å². The van der Waals surface area contributed by atoms with Crippen molar-refractivity contribution in [3.05, 3.63) is 76.8 Å². The Morgan fingerprint density at radius 3 is 2.71 bits per heavy atom. The first-order chi connectivity index (χ1) is 14.9. The van der Waals surface area contributed by atoms with Crippen molar-refractivity contribution in [2.45, 2.75) is 11.3 Å². The predicted octanol–water partition coefficient (Wildman–Crippen LogP) is 3.12. The van der Waals surface area contributed by atoms with Gasteiger partial charge in [-0.1, -0.05) is 11.2 Å². The normalized spacial score (nSPS) is 11.2. The number of sulfonamides is 1. The van der Waals surface area contributed by atoms with Crippen molar-refractivity contribution in [2.75, 3.05) is 11.4 Å². The third-order valence-electron chi connectivity index (χ3n) is 4.61. The van der Waals surface area contributed by atoms with Gasteiger partial charge < -0.3 is 14.2 Å². The summed E-state index contributed by atoms with van der Waals surface area (Å²) in [6.07, 6.45) is 1.35. The first kappa shape index (κ1) is 20.2. The monoisotopic (exact) mass is 436 g/mol. The fourth-order valence-electron chi connectivity index (χ4n) is 3.18. The van der Waals surface area contributed by atoms with Crippen LogP contribution in [0.15, 0.2) is 75.1 Å². The maximum atomic E-state index is 13.7. The van der Waals surface area contributed by atoms with E-state index in [0.29, 0.717) is 16.5 Å². The fourth-order valence-corrected chi connectivity index (χ4v) is 4.65. The van der Waals surface area contributed by atoms with Crippen molar-refractivity contribution < 1.29 is 17.7 Å². The first-order valence-corrected chi connectivity index (χ1v) is 10.5. The van der Waals surface area contributed by atoms with E-state index in [1.54, 1.807) is 24.3 Å². The van der Waals surface area contributed by atoms with Crippen molar-refractivity contribution in [3.8, 4) is 11.8 Å². The number of nitriles is 1. The van der Waals surface area contributed by atoms with E-state index in [1.807, 2.05) is 6.07 Å². The number of hydrogen-bond acceptors (Lipinski definition) is 7. The van der Waals surface area contributed by atoms with Crippen molar-refractivity contribution >= 4 is 32.4 Å². The molecular formula is C21H16N4O5S. The maximum Gasteiger partial charge on any atom is 0.270 e. The molecule has 4 rings (SSSR count). The smallest absolute Gasteiger partial charge is 0.270 e. The predicted molar refractivity (Wildman–Crippen MR) is 113 cm³/mol. The molecule has 0 aliphatic rings. The van der Waals surface area contributed by atoms with Crippen molar-refractivity contribution in [3.63, 3.8) is 0 Å². The van der Waals surface area contributed by atoms with Gasteiger partial charge in [0.2, 0.25) is 5.56 Å². The third-order valence-corrected chi connectivity index (χ3v) is 6.33. The average Bonchev–Trinajstić information content (AvgIpc) is 3.28. The number of pyridine rings is 1. The van der Waals surface area contributed by atoms with Gasteiger partial charge in [0.05, 0.1) is 24.5 Å². The van der Waals surface area contributed by atoms with Gasteiger partial charge in [0, 0.05) is 17.6 Å². The summed E-state index contributed by atoms with van der Waals surface area (Å²) < 4.78 is 38.7. The summed E-state index contributed by atoms with van der Waals surface area (Å²) in [5, 5.41) is 13.4. The number of benzene rings is 2. The molecular weight excluding hydrogens is 420 g/mol. The molecule has 0 radical (unpaired) electrons. The van der Waals surface area contributed by atoms with E-state index in [4.69, 9.17) is 14.5 Å². The van der Waals surface area contributed by atoms with E-state index in [2.05, 4.69) is 10.1 Å². The molecule has 0 unspecified atom stereocenters. The fraction of sp³-hybridized carbons (Fsp3) is 0.0952. The zero-order valence-corrected chi connectivity index (χ0v) is 17.1. The minimum atomic E-state index is -4.19. The number of aromatic amines is 1. The highest BCUT2D eigenvalue weighted by Crippen LogP contribution is 2.38. The van der Waals surface area contributed by atoms with E-state index < -0.39 is 10.0 Å². The molecule has 10 heteroatoms. The maximum absolute atomic E-state index is 13.7. The van der Waals surface area contributed by atoms with Crippen LogP contribution < -0.4 is 14.6 Å². The minimum Gasteiger partial charge on any atom is -0.495 e. The molecule has 2 aromatic heterocycles. The van der Waals surface area contributed by atoms with Crippen LogP contribution in [0, 0.1) is 11.3 Å². The Hall–Kier alpha value is -4.10. The van der Waals surface area contributed by atoms with Crippen LogP contribution in [-0.2, 0) is 16.4 Å². The van der Waals surface area contributed by atoms with Crippen molar-refractivity contribution in [1.29, 1.82) is 5.26 Å². The molecule has 2 heterocycles. The van der Waals surface area contributed by atoms with Gasteiger partial charge in [-0.25, -0.2) is 12.7 Å². The highest BCUT2D eigenvalue weighted by Gasteiger charge is 2.31. The standard InChI is InChI=1S/C21H16N4O5S/c1-29-19-6-2-14(8-10-22)12-18(19)25(20-9-11-30-24-20)31(27,28)16-4-5-17-15(13-16)3-7-21(26)23-17/h2-7,9,11-13H,8H2,1H3,(H,23,26). The molecule has 2 aromatic carbocycles. The lowest BCUT2D eigenvalue weighted by atomic mass is 10.1. The third kappa shape index (κ3) is 3.74. The van der Waals surface area contributed by atoms with Crippen LogP contribution in [-0.4, -0.2) is 25.7 Å². The summed E-state index contributed by atoms with van der Waals surface area (Å²) in [7, 11) is -2.77. The second kappa shape index (κ2) is 7.97. The molecule has 0 aliphatic heterocycles. The number of methoxy groups -OCH3 is 1. The van der Waals surface area contributed by atoms with Gasteiger partial charge >= 0.3 is 0 Å². The summed E-state index contributed by atoms with van der Waals surface area (Å²) in [6, 6.07) is 15.5. The van der Waals surface area contributed by atoms with E-state index in [9.17, 15) is 13.2 Å². The van der Waals surface area contributed by atoms with Crippen LogP contribution in [0.5, 0.6) is 5.75 Å². The van der Waals surface area contributed by atoms with Crippen LogP contribution in [0.25, 0.3) is 10.9 Å². The summed E-state index contributed by atoms with van der Waals surface area (Å²) in [5.74, 6) is 0.298. The minimum absolute atomic E-state index is 0.0222. The molecule has 31 heavy (non-hydrogen) atoms. The molecule has 0 fully saturated rings. The highest BCUT2D eigenvalue weighted by molar-refractivity contribution is 7.93. The highest BCUT2D eigenvalue weighted by atomic mass is 32.2. The molecule has 4 aromatic rings. The lowest BCUT2D eigenvalue weighted by molar-refractivity contribution is 0.414. The van der Waals surface area contributed by atoms with Gasteiger partial charge in [0.25, 0.3) is 10.0 Å². The first-order valence-electron chi connectivity index (χ1n) is 9.07. The number of ether oxygens (including phenoxy) is 1. The number of H-pyrrole nitrogens is 1. The zero-order valence-electron chi connectivity index (χ0n) is 16.3. The largest absolute Gasteiger partial charge is 0.495 e. The Morgan fingerprint density at radius 1 is 1.16 bits per heavy atom. The van der Waals surface area contributed by atoms with Gasteiger partial charge in [0.15, 0.2) is 5.82 Å². The van der Waals surface area contributed by atoms with Crippen molar-refractivity contribution in [2.24, 2.45) is 0 Å². The number of nitrogens with one attached hydrogen (secondary N) is 1. The van der Waals surface area contributed by atoms with Gasteiger partial charge in [-0.05, 0) is 47.3 Å². The number of hydrogen-bond donors (Lipinski definition) is 1. The van der Waals surface area contributed by atoms with Crippen LogP contribution >= 0.6 is 0 Å². The molecule has 9 nitrogen and oxygen atoms in total. The van der Waals surface area contributed by atoms with Gasteiger partial charge in [-0.2, -0.15) is 5.26 Å².